The van der Waals surface area contributed by atoms with Crippen molar-refractivity contribution in [3.05, 3.63) is 19.2 Å². The van der Waals surface area contributed by atoms with Crippen LogP contribution in [-0.4, -0.2) is 23.9 Å². The first kappa shape index (κ1) is 14.6. The van der Waals surface area contributed by atoms with E-state index in [1.165, 1.54) is 0 Å². The lowest BCUT2D eigenvalue weighted by Gasteiger charge is -2.22. The number of halogens is 2. The van der Waals surface area contributed by atoms with Crippen molar-refractivity contribution in [2.45, 2.75) is 32.2 Å². The van der Waals surface area contributed by atoms with Gasteiger partial charge in [-0.1, -0.05) is 0 Å². The predicted molar refractivity (Wildman–Crippen MR) is 73.7 cm³/mol. The van der Waals surface area contributed by atoms with Crippen molar-refractivity contribution < 1.29 is 9.84 Å². The van der Waals surface area contributed by atoms with Gasteiger partial charge in [-0.25, -0.2) is 0 Å². The van der Waals surface area contributed by atoms with E-state index in [4.69, 9.17) is 10.5 Å². The highest BCUT2D eigenvalue weighted by molar-refractivity contribution is 9.13. The molecule has 3 atom stereocenters. The lowest BCUT2D eigenvalue weighted by Crippen LogP contribution is -2.27. The Morgan fingerprint density at radius 2 is 2.12 bits per heavy atom. The van der Waals surface area contributed by atoms with Crippen molar-refractivity contribution in [3.63, 3.8) is 0 Å². The largest absolute Gasteiger partial charge is 0.391 e. The van der Waals surface area contributed by atoms with Crippen LogP contribution in [0.1, 0.15) is 24.8 Å². The minimum absolute atomic E-state index is 0.169. The zero-order valence-corrected chi connectivity index (χ0v) is 13.1. The molecule has 0 aliphatic heterocycles. The number of aliphatic hydroxyl groups excluding tert-OH is 1. The number of rotatable bonds is 5. The summed E-state index contributed by atoms with van der Waals surface area (Å²) in [7, 11) is 0. The third kappa shape index (κ3) is 3.78. The van der Waals surface area contributed by atoms with Gasteiger partial charge in [-0.05, 0) is 51.8 Å². The molecule has 0 fully saturated rings. The van der Waals surface area contributed by atoms with Gasteiger partial charge in [0, 0.05) is 15.9 Å². The summed E-state index contributed by atoms with van der Waals surface area (Å²) in [5.41, 5.74) is 5.68. The molecule has 0 spiro atoms. The Morgan fingerprint density at radius 3 is 2.50 bits per heavy atom. The van der Waals surface area contributed by atoms with Gasteiger partial charge in [-0.15, -0.1) is 11.3 Å². The number of nitrogens with two attached hydrogens (primary N) is 1. The van der Waals surface area contributed by atoms with E-state index in [1.54, 1.807) is 18.3 Å². The smallest absolute Gasteiger partial charge is 0.104 e. The van der Waals surface area contributed by atoms with Crippen molar-refractivity contribution in [1.29, 1.82) is 0 Å². The summed E-state index contributed by atoms with van der Waals surface area (Å²) in [5, 5.41) is 9.39. The van der Waals surface area contributed by atoms with E-state index in [-0.39, 0.29) is 12.2 Å². The molecule has 1 heterocycles. The Bertz CT molecular complexity index is 324. The number of hydrogen-bond acceptors (Lipinski definition) is 4. The Morgan fingerprint density at radius 1 is 1.50 bits per heavy atom. The first-order valence-corrected chi connectivity index (χ1v) is 7.34. The highest BCUT2D eigenvalue weighted by Crippen LogP contribution is 2.36. The van der Waals surface area contributed by atoms with E-state index >= 15 is 0 Å². The molecular weight excluding hydrogens is 358 g/mol. The summed E-state index contributed by atoms with van der Waals surface area (Å²) in [6.45, 7) is 3.94. The second kappa shape index (κ2) is 6.47. The molecule has 3 unspecified atom stereocenters. The molecule has 0 bridgehead atoms. The highest BCUT2D eigenvalue weighted by atomic mass is 79.9. The zero-order valence-electron chi connectivity index (χ0n) is 9.11. The molecule has 92 valence electrons. The number of ether oxygens (including phenoxy) is 1. The van der Waals surface area contributed by atoms with Gasteiger partial charge in [-0.2, -0.15) is 0 Å². The lowest BCUT2D eigenvalue weighted by atomic mass is 10.2. The quantitative estimate of drug-likeness (QED) is 0.835. The second-order valence-corrected chi connectivity index (χ2v) is 6.83. The molecule has 3 N–H and O–H groups in total. The van der Waals surface area contributed by atoms with E-state index in [0.717, 1.165) is 13.1 Å². The average molecular weight is 373 g/mol. The van der Waals surface area contributed by atoms with Crippen LogP contribution < -0.4 is 5.73 Å². The molecule has 0 saturated carbocycles. The van der Waals surface area contributed by atoms with Crippen molar-refractivity contribution >= 4 is 43.2 Å². The standard InChI is InChI=1S/C10H15Br2NO2S/c1-5(14)6(2)15-8(4-13)9-3-7(11)10(12)16-9/h3,5-6,8,14H,4,13H2,1-2H3. The molecule has 1 aromatic heterocycles. The van der Waals surface area contributed by atoms with Gasteiger partial charge >= 0.3 is 0 Å². The van der Waals surface area contributed by atoms with Crippen LogP contribution in [0, 0.1) is 0 Å². The van der Waals surface area contributed by atoms with Crippen LogP contribution in [0.5, 0.6) is 0 Å². The van der Waals surface area contributed by atoms with Gasteiger partial charge in [0.25, 0.3) is 0 Å². The molecule has 6 heteroatoms. The van der Waals surface area contributed by atoms with Gasteiger partial charge in [0.05, 0.1) is 16.0 Å². The van der Waals surface area contributed by atoms with Crippen LogP contribution in [0.25, 0.3) is 0 Å². The van der Waals surface area contributed by atoms with Crippen molar-refractivity contribution in [1.82, 2.24) is 0 Å². The van der Waals surface area contributed by atoms with Gasteiger partial charge in [0.15, 0.2) is 0 Å². The van der Waals surface area contributed by atoms with Gasteiger partial charge < -0.3 is 15.6 Å². The van der Waals surface area contributed by atoms with Crippen molar-refractivity contribution in [3.8, 4) is 0 Å². The average Bonchev–Trinajstić information content (AvgIpc) is 2.55. The summed E-state index contributed by atoms with van der Waals surface area (Å²) >= 11 is 8.44. The molecule has 0 aliphatic carbocycles. The normalized spacial score (nSPS) is 17.1. The Balaban J connectivity index is 2.74. The van der Waals surface area contributed by atoms with Crippen LogP contribution in [-0.2, 0) is 4.74 Å². The molecular formula is C10H15Br2NO2S. The second-order valence-electron chi connectivity index (χ2n) is 3.58. The fraction of sp³-hybridized carbons (Fsp3) is 0.600. The van der Waals surface area contributed by atoms with E-state index < -0.39 is 6.10 Å². The molecule has 0 aromatic carbocycles. The monoisotopic (exact) mass is 371 g/mol. The Hall–Kier alpha value is 0.540. The Kier molecular flexibility index (Phi) is 5.90. The summed E-state index contributed by atoms with van der Waals surface area (Å²) in [6.07, 6.45) is -0.897. The van der Waals surface area contributed by atoms with Crippen LogP contribution >= 0.6 is 43.2 Å². The summed E-state index contributed by atoms with van der Waals surface area (Å²) < 4.78 is 7.73. The predicted octanol–water partition coefficient (Wildman–Crippen LogP) is 3.06. The summed E-state index contributed by atoms with van der Waals surface area (Å²) in [6, 6.07) is 1.99. The zero-order chi connectivity index (χ0) is 12.3. The Labute approximate surface area is 116 Å². The van der Waals surface area contributed by atoms with Crippen molar-refractivity contribution in [2.24, 2.45) is 5.73 Å². The van der Waals surface area contributed by atoms with Gasteiger partial charge in [0.2, 0.25) is 0 Å². The summed E-state index contributed by atoms with van der Waals surface area (Å²) in [5.74, 6) is 0. The summed E-state index contributed by atoms with van der Waals surface area (Å²) in [4.78, 5) is 1.05. The van der Waals surface area contributed by atoms with E-state index in [2.05, 4.69) is 31.9 Å². The molecule has 16 heavy (non-hydrogen) atoms. The molecule has 0 aliphatic rings. The lowest BCUT2D eigenvalue weighted by molar-refractivity contribution is -0.0579. The third-order valence-corrected chi connectivity index (χ3v) is 5.60. The van der Waals surface area contributed by atoms with Gasteiger partial charge in [0.1, 0.15) is 6.10 Å². The molecule has 0 saturated heterocycles. The van der Waals surface area contributed by atoms with E-state index in [0.29, 0.717) is 6.54 Å². The molecule has 1 rings (SSSR count). The third-order valence-electron chi connectivity index (χ3n) is 2.25. The van der Waals surface area contributed by atoms with Crippen LogP contribution in [0.4, 0.5) is 0 Å². The molecule has 0 radical (unpaired) electrons. The minimum atomic E-state index is -0.499. The van der Waals surface area contributed by atoms with E-state index in [9.17, 15) is 5.11 Å². The van der Waals surface area contributed by atoms with Crippen LogP contribution in [0.2, 0.25) is 0 Å². The topological polar surface area (TPSA) is 55.5 Å². The maximum Gasteiger partial charge on any atom is 0.104 e. The fourth-order valence-electron chi connectivity index (χ4n) is 1.13. The maximum absolute atomic E-state index is 9.39. The fourth-order valence-corrected chi connectivity index (χ4v) is 3.27. The minimum Gasteiger partial charge on any atom is -0.391 e. The van der Waals surface area contributed by atoms with Crippen LogP contribution in [0.15, 0.2) is 14.3 Å². The highest BCUT2D eigenvalue weighted by Gasteiger charge is 2.20. The molecule has 0 amide bonds. The van der Waals surface area contributed by atoms with Crippen molar-refractivity contribution in [2.75, 3.05) is 6.54 Å². The van der Waals surface area contributed by atoms with Crippen LogP contribution in [0.3, 0.4) is 0 Å². The first-order valence-electron chi connectivity index (χ1n) is 4.94. The van der Waals surface area contributed by atoms with E-state index in [1.807, 2.05) is 13.0 Å². The molecule has 3 nitrogen and oxygen atoms in total. The number of thiophene rings is 1. The SMILES string of the molecule is CC(O)C(C)OC(CN)c1cc(Br)c(Br)s1. The van der Waals surface area contributed by atoms with Gasteiger partial charge in [-0.3, -0.25) is 0 Å². The number of aliphatic hydroxyl groups is 1. The number of hydrogen-bond donors (Lipinski definition) is 2. The first-order chi connectivity index (χ1) is 7.45. The molecule has 1 aromatic rings. The maximum atomic E-state index is 9.39.